The fraction of sp³-hybridized carbons (Fsp3) is 0.222. The molecule has 0 aliphatic carbocycles. The number of nitrogens with one attached hydrogen (secondary N) is 2. The third-order valence-electron chi connectivity index (χ3n) is 3.71. The highest BCUT2D eigenvalue weighted by Crippen LogP contribution is 2.18. The van der Waals surface area contributed by atoms with E-state index in [0.717, 1.165) is 4.31 Å². The van der Waals surface area contributed by atoms with Crippen LogP contribution in [0.25, 0.3) is 0 Å². The zero-order chi connectivity index (χ0) is 21.7. The highest BCUT2D eigenvalue weighted by molar-refractivity contribution is 7.89. The van der Waals surface area contributed by atoms with Gasteiger partial charge in [0.25, 0.3) is 5.91 Å². The molecule has 0 saturated heterocycles. The molecule has 2 amide bonds. The summed E-state index contributed by atoms with van der Waals surface area (Å²) < 4.78 is 62.6. The predicted molar refractivity (Wildman–Crippen MR) is 99.7 cm³/mol. The Labute approximate surface area is 165 Å². The van der Waals surface area contributed by atoms with Gasteiger partial charge in [0.2, 0.25) is 15.9 Å². The van der Waals surface area contributed by atoms with Crippen molar-refractivity contribution in [1.82, 2.24) is 9.62 Å². The third kappa shape index (κ3) is 6.29. The minimum absolute atomic E-state index is 0.00206. The van der Waals surface area contributed by atoms with Crippen molar-refractivity contribution in [2.24, 2.45) is 0 Å². The number of hydrogen-bond donors (Lipinski definition) is 2. The molecule has 2 aromatic carbocycles. The number of benzene rings is 2. The van der Waals surface area contributed by atoms with Gasteiger partial charge in [-0.3, -0.25) is 9.59 Å². The number of carbonyl (C=O) groups is 2. The average molecular weight is 429 g/mol. The minimum Gasteiger partial charge on any atom is -0.343 e. The Morgan fingerprint density at radius 2 is 1.59 bits per heavy atom. The lowest BCUT2D eigenvalue weighted by Crippen LogP contribution is -2.36. The first kappa shape index (κ1) is 22.4. The van der Waals surface area contributed by atoms with Crippen LogP contribution in [0.2, 0.25) is 0 Å². The maximum absolute atomic E-state index is 12.4. The predicted octanol–water partition coefficient (Wildman–Crippen LogP) is 2.24. The molecule has 0 aliphatic heterocycles. The molecule has 2 aromatic rings. The highest BCUT2D eigenvalue weighted by atomic mass is 32.2. The monoisotopic (exact) mass is 429 g/mol. The molecule has 2 rings (SSSR count). The molecule has 0 radical (unpaired) electrons. The summed E-state index contributed by atoms with van der Waals surface area (Å²) in [7, 11) is -2.70. The summed E-state index contributed by atoms with van der Waals surface area (Å²) in [6.45, 7) is -2.08. The van der Waals surface area contributed by atoms with Gasteiger partial charge in [0.1, 0.15) is 6.54 Å². The van der Waals surface area contributed by atoms with E-state index in [9.17, 15) is 31.2 Å². The standard InChI is InChI=1S/C18H18F3N3O4S/c1-24(29(27,28)13-7-3-2-4-8-13)11-16(25)23-15-10-6-5-9-14(15)17(26)22-12-18(19,20)21/h2-10H,11-12H2,1H3,(H,22,26)(H,23,25). The van der Waals surface area contributed by atoms with Gasteiger partial charge >= 0.3 is 6.18 Å². The van der Waals surface area contributed by atoms with Crippen LogP contribution < -0.4 is 10.6 Å². The van der Waals surface area contributed by atoms with Crippen LogP contribution in [-0.2, 0) is 14.8 Å². The van der Waals surface area contributed by atoms with Crippen molar-refractivity contribution < 1.29 is 31.2 Å². The molecule has 0 saturated carbocycles. The van der Waals surface area contributed by atoms with E-state index in [-0.39, 0.29) is 16.1 Å². The summed E-state index contributed by atoms with van der Waals surface area (Å²) in [6, 6.07) is 12.9. The molecule has 0 aliphatic rings. The fourth-order valence-electron chi connectivity index (χ4n) is 2.32. The average Bonchev–Trinajstić information content (AvgIpc) is 2.66. The summed E-state index contributed by atoms with van der Waals surface area (Å²) in [5.41, 5.74) is -0.221. The number of carbonyl (C=O) groups excluding carboxylic acids is 2. The summed E-state index contributed by atoms with van der Waals surface area (Å²) >= 11 is 0. The van der Waals surface area contributed by atoms with E-state index in [0.29, 0.717) is 0 Å². The Bertz CT molecular complexity index is 979. The molecule has 2 N–H and O–H groups in total. The van der Waals surface area contributed by atoms with Crippen LogP contribution in [0.4, 0.5) is 18.9 Å². The van der Waals surface area contributed by atoms with Crippen molar-refractivity contribution in [2.45, 2.75) is 11.1 Å². The Morgan fingerprint density at radius 3 is 2.21 bits per heavy atom. The van der Waals surface area contributed by atoms with Gasteiger partial charge in [-0.05, 0) is 24.3 Å². The molecule has 0 atom stereocenters. The number of likely N-dealkylation sites (N-methyl/N-ethyl adjacent to an activating group) is 1. The molecule has 0 fully saturated rings. The number of amides is 2. The Kier molecular flexibility index (Phi) is 6.98. The lowest BCUT2D eigenvalue weighted by molar-refractivity contribution is -0.123. The maximum atomic E-state index is 12.4. The minimum atomic E-state index is -4.58. The first-order chi connectivity index (χ1) is 13.5. The molecule has 0 unspecified atom stereocenters. The van der Waals surface area contributed by atoms with Crippen LogP contribution in [-0.4, -0.2) is 50.9 Å². The van der Waals surface area contributed by atoms with Crippen LogP contribution in [0.1, 0.15) is 10.4 Å². The number of para-hydroxylation sites is 1. The smallest absolute Gasteiger partial charge is 0.343 e. The molecule has 0 spiro atoms. The number of anilines is 1. The van der Waals surface area contributed by atoms with E-state index in [1.807, 2.05) is 0 Å². The van der Waals surface area contributed by atoms with Crippen molar-refractivity contribution in [1.29, 1.82) is 0 Å². The van der Waals surface area contributed by atoms with Gasteiger partial charge in [0.15, 0.2) is 0 Å². The van der Waals surface area contributed by atoms with Gasteiger partial charge in [-0.2, -0.15) is 17.5 Å². The second-order valence-corrected chi connectivity index (χ2v) is 8.01. The Morgan fingerprint density at radius 1 is 1.00 bits per heavy atom. The van der Waals surface area contributed by atoms with Crippen molar-refractivity contribution in [3.8, 4) is 0 Å². The van der Waals surface area contributed by atoms with E-state index in [1.54, 1.807) is 11.4 Å². The molecule has 29 heavy (non-hydrogen) atoms. The van der Waals surface area contributed by atoms with E-state index >= 15 is 0 Å². The molecular formula is C18H18F3N3O4S. The molecule has 0 aromatic heterocycles. The van der Waals surface area contributed by atoms with Gasteiger partial charge < -0.3 is 10.6 Å². The largest absolute Gasteiger partial charge is 0.405 e. The number of alkyl halides is 3. The third-order valence-corrected chi connectivity index (χ3v) is 5.53. The van der Waals surface area contributed by atoms with Gasteiger partial charge in [-0.15, -0.1) is 0 Å². The molecule has 0 heterocycles. The van der Waals surface area contributed by atoms with E-state index in [1.165, 1.54) is 55.6 Å². The van der Waals surface area contributed by atoms with Gasteiger partial charge in [0, 0.05) is 7.05 Å². The molecule has 11 heteroatoms. The zero-order valence-electron chi connectivity index (χ0n) is 15.2. The van der Waals surface area contributed by atoms with Crippen LogP contribution >= 0.6 is 0 Å². The number of rotatable bonds is 7. The van der Waals surface area contributed by atoms with Crippen molar-refractivity contribution in [3.05, 3.63) is 60.2 Å². The van der Waals surface area contributed by atoms with Crippen molar-refractivity contribution >= 4 is 27.5 Å². The second kappa shape index (κ2) is 9.05. The fourth-order valence-corrected chi connectivity index (χ4v) is 3.46. The molecular weight excluding hydrogens is 411 g/mol. The van der Waals surface area contributed by atoms with Crippen LogP contribution in [0.3, 0.4) is 0 Å². The van der Waals surface area contributed by atoms with Crippen LogP contribution in [0, 0.1) is 0 Å². The summed E-state index contributed by atoms with van der Waals surface area (Å²) in [5.74, 6) is -1.79. The Hall–Kier alpha value is -2.92. The maximum Gasteiger partial charge on any atom is 0.405 e. The van der Waals surface area contributed by atoms with Crippen LogP contribution in [0.15, 0.2) is 59.5 Å². The number of halogens is 3. The van der Waals surface area contributed by atoms with Gasteiger partial charge in [-0.1, -0.05) is 30.3 Å². The summed E-state index contributed by atoms with van der Waals surface area (Å²) in [4.78, 5) is 24.3. The first-order valence-corrected chi connectivity index (χ1v) is 9.70. The summed E-state index contributed by atoms with van der Waals surface area (Å²) in [5, 5.41) is 4.07. The molecule has 7 nitrogen and oxygen atoms in total. The van der Waals surface area contributed by atoms with E-state index < -0.39 is 41.1 Å². The normalized spacial score (nSPS) is 11.9. The number of nitrogens with zero attached hydrogens (tertiary/aromatic N) is 1. The van der Waals surface area contributed by atoms with Gasteiger partial charge in [0.05, 0.1) is 22.7 Å². The quantitative estimate of drug-likeness (QED) is 0.706. The Balaban J connectivity index is 2.09. The highest BCUT2D eigenvalue weighted by Gasteiger charge is 2.28. The number of sulfonamides is 1. The SMILES string of the molecule is CN(CC(=O)Nc1ccccc1C(=O)NCC(F)(F)F)S(=O)(=O)c1ccccc1. The van der Waals surface area contributed by atoms with E-state index in [2.05, 4.69) is 5.32 Å². The number of hydrogen-bond acceptors (Lipinski definition) is 4. The first-order valence-electron chi connectivity index (χ1n) is 8.26. The lowest BCUT2D eigenvalue weighted by atomic mass is 10.1. The van der Waals surface area contributed by atoms with Crippen molar-refractivity contribution in [3.63, 3.8) is 0 Å². The van der Waals surface area contributed by atoms with E-state index in [4.69, 9.17) is 0 Å². The van der Waals surface area contributed by atoms with Crippen LogP contribution in [0.5, 0.6) is 0 Å². The van der Waals surface area contributed by atoms with Gasteiger partial charge in [-0.25, -0.2) is 8.42 Å². The molecule has 0 bridgehead atoms. The zero-order valence-corrected chi connectivity index (χ0v) is 16.0. The second-order valence-electron chi connectivity index (χ2n) is 5.97. The van der Waals surface area contributed by atoms with Crippen molar-refractivity contribution in [2.75, 3.05) is 25.5 Å². The lowest BCUT2D eigenvalue weighted by Gasteiger charge is -2.17. The molecule has 156 valence electrons. The summed E-state index contributed by atoms with van der Waals surface area (Å²) in [6.07, 6.45) is -4.58. The topological polar surface area (TPSA) is 95.6 Å².